The first kappa shape index (κ1) is 11.8. The van der Waals surface area contributed by atoms with Crippen molar-refractivity contribution < 1.29 is 14.6 Å². The Hall–Kier alpha value is -1.68. The van der Waals surface area contributed by atoms with Crippen LogP contribution in [0.4, 0.5) is 4.79 Å². The van der Waals surface area contributed by atoms with Gasteiger partial charge in [0.2, 0.25) is 0 Å². The molecule has 2 aromatic rings. The molecule has 0 aliphatic rings. The van der Waals surface area contributed by atoms with Crippen molar-refractivity contribution in [1.29, 1.82) is 0 Å². The first-order chi connectivity index (χ1) is 8.06. The molecule has 0 fully saturated rings. The highest BCUT2D eigenvalue weighted by Gasteiger charge is 2.10. The van der Waals surface area contributed by atoms with Crippen molar-refractivity contribution >= 4 is 29.6 Å². The summed E-state index contributed by atoms with van der Waals surface area (Å²) in [5.41, 5.74) is 0.840. The van der Waals surface area contributed by atoms with Crippen LogP contribution in [-0.2, 0) is 4.74 Å². The predicted molar refractivity (Wildman–Crippen MR) is 68.7 cm³/mol. The van der Waals surface area contributed by atoms with Crippen molar-refractivity contribution in [2.75, 3.05) is 0 Å². The van der Waals surface area contributed by atoms with E-state index in [0.717, 1.165) is 21.2 Å². The Morgan fingerprint density at radius 1 is 1.24 bits per heavy atom. The van der Waals surface area contributed by atoms with E-state index in [-0.39, 0.29) is 0 Å². The molecule has 2 rings (SSSR count). The molecular formula is C13H12O3S. The standard InChI is InChI=1S/C13H12O3S/c1-8(16-13(14)15)9-2-3-11-7-12(17)5-4-10(11)6-9/h2-8,17H,1H3,(H,14,15). The van der Waals surface area contributed by atoms with Crippen LogP contribution in [0.2, 0.25) is 0 Å². The molecule has 0 aliphatic heterocycles. The lowest BCUT2D eigenvalue weighted by atomic mass is 10.0. The van der Waals surface area contributed by atoms with Crippen LogP contribution in [0.3, 0.4) is 0 Å². The number of fused-ring (bicyclic) bond motifs is 1. The molecule has 3 nitrogen and oxygen atoms in total. The maximum atomic E-state index is 10.5. The molecule has 0 aliphatic carbocycles. The number of carbonyl (C=O) groups is 1. The van der Waals surface area contributed by atoms with Gasteiger partial charge in [-0.25, -0.2) is 4.79 Å². The summed E-state index contributed by atoms with van der Waals surface area (Å²) in [5.74, 6) is 0. The zero-order valence-electron chi connectivity index (χ0n) is 9.25. The minimum absolute atomic E-state index is 0.465. The highest BCUT2D eigenvalue weighted by Crippen LogP contribution is 2.24. The maximum absolute atomic E-state index is 10.5. The maximum Gasteiger partial charge on any atom is 0.506 e. The SMILES string of the molecule is CC(OC(=O)O)c1ccc2cc(S)ccc2c1. The van der Waals surface area contributed by atoms with Gasteiger partial charge in [-0.1, -0.05) is 18.2 Å². The lowest BCUT2D eigenvalue weighted by molar-refractivity contribution is 0.0587. The molecule has 0 heterocycles. The van der Waals surface area contributed by atoms with Crippen LogP contribution < -0.4 is 0 Å². The number of ether oxygens (including phenoxy) is 1. The van der Waals surface area contributed by atoms with Crippen molar-refractivity contribution in [3.05, 3.63) is 42.0 Å². The molecule has 0 spiro atoms. The number of benzene rings is 2. The van der Waals surface area contributed by atoms with Crippen molar-refractivity contribution in [3.63, 3.8) is 0 Å². The van der Waals surface area contributed by atoms with Crippen molar-refractivity contribution in [2.24, 2.45) is 0 Å². The summed E-state index contributed by atoms with van der Waals surface area (Å²) in [7, 11) is 0. The van der Waals surface area contributed by atoms with Gasteiger partial charge in [0.15, 0.2) is 0 Å². The minimum Gasteiger partial charge on any atom is -0.450 e. The van der Waals surface area contributed by atoms with E-state index in [1.54, 1.807) is 6.92 Å². The van der Waals surface area contributed by atoms with Crippen LogP contribution >= 0.6 is 12.6 Å². The Labute approximate surface area is 104 Å². The van der Waals surface area contributed by atoms with Crippen LogP contribution in [0.1, 0.15) is 18.6 Å². The van der Waals surface area contributed by atoms with Gasteiger partial charge in [0, 0.05) is 4.90 Å². The zero-order chi connectivity index (χ0) is 12.4. The molecule has 0 aromatic heterocycles. The summed E-state index contributed by atoms with van der Waals surface area (Å²) < 4.78 is 4.71. The van der Waals surface area contributed by atoms with Crippen molar-refractivity contribution in [1.82, 2.24) is 0 Å². The summed E-state index contributed by atoms with van der Waals surface area (Å²) in [6.07, 6.45) is -1.73. The minimum atomic E-state index is -1.26. The molecule has 0 saturated heterocycles. The fourth-order valence-electron chi connectivity index (χ4n) is 1.72. The number of hydrogen-bond acceptors (Lipinski definition) is 3. The molecule has 0 bridgehead atoms. The normalized spacial score (nSPS) is 12.4. The molecule has 2 aromatic carbocycles. The van der Waals surface area contributed by atoms with E-state index < -0.39 is 12.3 Å². The monoisotopic (exact) mass is 248 g/mol. The molecule has 1 unspecified atom stereocenters. The molecule has 0 radical (unpaired) electrons. The van der Waals surface area contributed by atoms with Crippen LogP contribution in [-0.4, -0.2) is 11.3 Å². The van der Waals surface area contributed by atoms with Crippen LogP contribution in [0.15, 0.2) is 41.3 Å². The molecule has 1 N–H and O–H groups in total. The average molecular weight is 248 g/mol. The predicted octanol–water partition coefficient (Wildman–Crippen LogP) is 3.88. The second-order valence-electron chi connectivity index (χ2n) is 3.82. The van der Waals surface area contributed by atoms with E-state index in [4.69, 9.17) is 9.84 Å². The summed E-state index contributed by atoms with van der Waals surface area (Å²) >= 11 is 4.27. The van der Waals surface area contributed by atoms with Gasteiger partial charge in [-0.15, -0.1) is 12.6 Å². The summed E-state index contributed by atoms with van der Waals surface area (Å²) in [6, 6.07) is 11.5. The van der Waals surface area contributed by atoms with Gasteiger partial charge in [-0.2, -0.15) is 0 Å². The number of hydrogen-bond donors (Lipinski definition) is 2. The quantitative estimate of drug-likeness (QED) is 0.626. The van der Waals surface area contributed by atoms with Crippen LogP contribution in [0, 0.1) is 0 Å². The first-order valence-corrected chi connectivity index (χ1v) is 5.63. The van der Waals surface area contributed by atoms with Gasteiger partial charge in [-0.3, -0.25) is 0 Å². The Kier molecular flexibility index (Phi) is 3.24. The van der Waals surface area contributed by atoms with Crippen LogP contribution in [0.5, 0.6) is 0 Å². The molecule has 4 heteroatoms. The molecule has 0 saturated carbocycles. The number of thiol groups is 1. The fraction of sp³-hybridized carbons (Fsp3) is 0.154. The van der Waals surface area contributed by atoms with E-state index >= 15 is 0 Å². The molecular weight excluding hydrogens is 236 g/mol. The average Bonchev–Trinajstić information content (AvgIpc) is 2.27. The second kappa shape index (κ2) is 4.67. The second-order valence-corrected chi connectivity index (χ2v) is 4.33. The van der Waals surface area contributed by atoms with E-state index in [9.17, 15) is 4.79 Å². The lowest BCUT2D eigenvalue weighted by Gasteiger charge is -2.11. The topological polar surface area (TPSA) is 46.5 Å². The molecule has 88 valence electrons. The third-order valence-corrected chi connectivity index (χ3v) is 2.87. The molecule has 17 heavy (non-hydrogen) atoms. The summed E-state index contributed by atoms with van der Waals surface area (Å²) in [6.45, 7) is 1.71. The van der Waals surface area contributed by atoms with Crippen LogP contribution in [0.25, 0.3) is 10.8 Å². The highest BCUT2D eigenvalue weighted by atomic mass is 32.1. The summed E-state index contributed by atoms with van der Waals surface area (Å²) in [5, 5.41) is 10.7. The third kappa shape index (κ3) is 2.71. The zero-order valence-corrected chi connectivity index (χ0v) is 10.1. The van der Waals surface area contributed by atoms with E-state index in [2.05, 4.69) is 12.6 Å². The fourth-order valence-corrected chi connectivity index (χ4v) is 1.94. The van der Waals surface area contributed by atoms with Crippen molar-refractivity contribution in [2.45, 2.75) is 17.9 Å². The largest absolute Gasteiger partial charge is 0.506 e. The van der Waals surface area contributed by atoms with Crippen molar-refractivity contribution in [3.8, 4) is 0 Å². The van der Waals surface area contributed by atoms with Gasteiger partial charge in [0.1, 0.15) is 6.10 Å². The third-order valence-electron chi connectivity index (χ3n) is 2.59. The molecule has 0 amide bonds. The van der Waals surface area contributed by atoms with Gasteiger partial charge in [0.05, 0.1) is 0 Å². The van der Waals surface area contributed by atoms with Gasteiger partial charge in [0.25, 0.3) is 0 Å². The van der Waals surface area contributed by atoms with Gasteiger partial charge in [-0.05, 0) is 41.5 Å². The van der Waals surface area contributed by atoms with E-state index in [1.165, 1.54) is 0 Å². The Morgan fingerprint density at radius 3 is 2.59 bits per heavy atom. The Morgan fingerprint density at radius 2 is 1.88 bits per heavy atom. The Balaban J connectivity index is 2.37. The number of rotatable bonds is 2. The van der Waals surface area contributed by atoms with Gasteiger partial charge >= 0.3 is 6.16 Å². The van der Waals surface area contributed by atoms with Gasteiger partial charge < -0.3 is 9.84 Å². The first-order valence-electron chi connectivity index (χ1n) is 5.18. The number of carboxylic acid groups (broad SMARTS) is 1. The molecule has 1 atom stereocenters. The smallest absolute Gasteiger partial charge is 0.450 e. The lowest BCUT2D eigenvalue weighted by Crippen LogP contribution is -2.05. The van der Waals surface area contributed by atoms with E-state index in [1.807, 2.05) is 36.4 Å². The highest BCUT2D eigenvalue weighted by molar-refractivity contribution is 7.80. The summed E-state index contributed by atoms with van der Waals surface area (Å²) in [4.78, 5) is 11.4. The van der Waals surface area contributed by atoms with E-state index in [0.29, 0.717) is 0 Å². The Bertz CT molecular complexity index is 566.